The Morgan fingerprint density at radius 2 is 2.19 bits per heavy atom. The quantitative estimate of drug-likeness (QED) is 0.779. The van der Waals surface area contributed by atoms with E-state index in [1.165, 1.54) is 7.11 Å². The molecule has 4 heteroatoms. The maximum atomic E-state index is 11.8. The molecule has 1 unspecified atom stereocenters. The molecule has 0 fully saturated rings. The number of benzene rings is 1. The minimum Gasteiger partial charge on any atom is -0.467 e. The molecule has 0 aromatic heterocycles. The largest absolute Gasteiger partial charge is 0.467 e. The van der Waals surface area contributed by atoms with E-state index in [1.54, 1.807) is 7.11 Å². The molecule has 1 aromatic carbocycles. The highest BCUT2D eigenvalue weighted by molar-refractivity contribution is 5.88. The Morgan fingerprint density at radius 3 is 2.81 bits per heavy atom. The number of ether oxygens (including phenoxy) is 2. The van der Waals surface area contributed by atoms with Gasteiger partial charge in [0.1, 0.15) is 0 Å². The molecule has 86 valence electrons. The van der Waals surface area contributed by atoms with Crippen molar-refractivity contribution in [3.05, 3.63) is 29.8 Å². The van der Waals surface area contributed by atoms with Gasteiger partial charge in [-0.25, -0.2) is 4.79 Å². The zero-order chi connectivity index (χ0) is 11.6. The summed E-state index contributed by atoms with van der Waals surface area (Å²) in [5, 5.41) is 3.20. The molecule has 0 saturated heterocycles. The van der Waals surface area contributed by atoms with Crippen LogP contribution in [0.3, 0.4) is 0 Å². The van der Waals surface area contributed by atoms with Crippen LogP contribution in [0.1, 0.15) is 5.56 Å². The normalized spacial score (nSPS) is 22.4. The summed E-state index contributed by atoms with van der Waals surface area (Å²) >= 11 is 0. The highest BCUT2D eigenvalue weighted by Crippen LogP contribution is 2.33. The van der Waals surface area contributed by atoms with Gasteiger partial charge in [0.15, 0.2) is 5.54 Å². The van der Waals surface area contributed by atoms with Crippen LogP contribution in [0.4, 0.5) is 5.69 Å². The first-order valence-electron chi connectivity index (χ1n) is 5.15. The van der Waals surface area contributed by atoms with E-state index in [4.69, 9.17) is 9.47 Å². The fraction of sp³-hybridized carbons (Fsp3) is 0.417. The standard InChI is InChI=1S/C12H15NO3/c1-15-8-12(11(14)16-2)7-9-5-3-4-6-10(9)13-12/h3-6,13H,7-8H2,1-2H3. The maximum Gasteiger partial charge on any atom is 0.334 e. The number of hydrogen-bond donors (Lipinski definition) is 1. The molecule has 0 aliphatic carbocycles. The lowest BCUT2D eigenvalue weighted by Crippen LogP contribution is -2.49. The minimum absolute atomic E-state index is 0.287. The summed E-state index contributed by atoms with van der Waals surface area (Å²) in [6.45, 7) is 0.300. The molecule has 0 saturated carbocycles. The van der Waals surface area contributed by atoms with Gasteiger partial charge < -0.3 is 14.8 Å². The number of esters is 1. The average molecular weight is 221 g/mol. The molecule has 1 aliphatic rings. The summed E-state index contributed by atoms with van der Waals surface area (Å²) in [6.07, 6.45) is 0.601. The van der Waals surface area contributed by atoms with Crippen LogP contribution in [-0.2, 0) is 20.7 Å². The Labute approximate surface area is 94.6 Å². The number of carbonyl (C=O) groups is 1. The fourth-order valence-corrected chi connectivity index (χ4v) is 2.13. The van der Waals surface area contributed by atoms with Crippen molar-refractivity contribution < 1.29 is 14.3 Å². The topological polar surface area (TPSA) is 47.6 Å². The number of para-hydroxylation sites is 1. The monoisotopic (exact) mass is 221 g/mol. The van der Waals surface area contributed by atoms with Gasteiger partial charge in [-0.1, -0.05) is 18.2 Å². The van der Waals surface area contributed by atoms with E-state index in [0.29, 0.717) is 13.0 Å². The number of carbonyl (C=O) groups excluding carboxylic acids is 1. The van der Waals surface area contributed by atoms with E-state index in [9.17, 15) is 4.79 Å². The predicted octanol–water partition coefficient (Wildman–Crippen LogP) is 1.21. The molecule has 16 heavy (non-hydrogen) atoms. The lowest BCUT2D eigenvalue weighted by Gasteiger charge is -2.25. The molecule has 0 amide bonds. The van der Waals surface area contributed by atoms with E-state index < -0.39 is 5.54 Å². The van der Waals surface area contributed by atoms with Gasteiger partial charge in [-0.05, 0) is 11.6 Å². The van der Waals surface area contributed by atoms with Crippen molar-refractivity contribution in [2.45, 2.75) is 12.0 Å². The first-order chi connectivity index (χ1) is 7.72. The van der Waals surface area contributed by atoms with Gasteiger partial charge in [-0.2, -0.15) is 0 Å². The number of rotatable bonds is 3. The number of methoxy groups -OCH3 is 2. The van der Waals surface area contributed by atoms with Gasteiger partial charge in [0.05, 0.1) is 13.7 Å². The summed E-state index contributed by atoms with van der Waals surface area (Å²) in [6, 6.07) is 7.85. The van der Waals surface area contributed by atoms with Crippen molar-refractivity contribution in [1.82, 2.24) is 0 Å². The van der Waals surface area contributed by atoms with Gasteiger partial charge in [-0.15, -0.1) is 0 Å². The van der Waals surface area contributed by atoms with Crippen molar-refractivity contribution in [2.75, 3.05) is 26.1 Å². The molecule has 1 atom stereocenters. The molecule has 4 nitrogen and oxygen atoms in total. The molecule has 2 rings (SSSR count). The number of fused-ring (bicyclic) bond motifs is 1. The summed E-state index contributed by atoms with van der Waals surface area (Å²) in [7, 11) is 2.97. The van der Waals surface area contributed by atoms with Crippen molar-refractivity contribution in [3.8, 4) is 0 Å². The first kappa shape index (κ1) is 11.0. The van der Waals surface area contributed by atoms with Crippen LogP contribution in [0.25, 0.3) is 0 Å². The Balaban J connectivity index is 2.30. The van der Waals surface area contributed by atoms with E-state index in [-0.39, 0.29) is 5.97 Å². The summed E-state index contributed by atoms with van der Waals surface area (Å²) in [5.74, 6) is -0.287. The molecule has 0 radical (unpaired) electrons. The summed E-state index contributed by atoms with van der Waals surface area (Å²) in [4.78, 5) is 11.8. The zero-order valence-electron chi connectivity index (χ0n) is 9.45. The third-order valence-corrected chi connectivity index (χ3v) is 2.85. The average Bonchev–Trinajstić information content (AvgIpc) is 2.67. The summed E-state index contributed by atoms with van der Waals surface area (Å²) < 4.78 is 9.96. The molecule has 1 heterocycles. The van der Waals surface area contributed by atoms with E-state index in [2.05, 4.69) is 5.32 Å². The molecule has 0 spiro atoms. The van der Waals surface area contributed by atoms with Crippen molar-refractivity contribution in [1.29, 1.82) is 0 Å². The molecular formula is C12H15NO3. The van der Waals surface area contributed by atoms with Gasteiger partial charge >= 0.3 is 5.97 Å². The second-order valence-corrected chi connectivity index (χ2v) is 3.97. The van der Waals surface area contributed by atoms with E-state index in [1.807, 2.05) is 24.3 Å². The van der Waals surface area contributed by atoms with E-state index in [0.717, 1.165) is 11.3 Å². The molecule has 1 N–H and O–H groups in total. The van der Waals surface area contributed by atoms with Crippen molar-refractivity contribution in [3.63, 3.8) is 0 Å². The number of anilines is 1. The van der Waals surface area contributed by atoms with Crippen LogP contribution < -0.4 is 5.32 Å². The van der Waals surface area contributed by atoms with Gasteiger partial charge in [0, 0.05) is 19.2 Å². The Hall–Kier alpha value is -1.55. The van der Waals surface area contributed by atoms with Gasteiger partial charge in [-0.3, -0.25) is 0 Å². The summed E-state index contributed by atoms with van der Waals surface area (Å²) in [5.41, 5.74) is 1.32. The SMILES string of the molecule is COCC1(C(=O)OC)Cc2ccccc2N1. The lowest BCUT2D eigenvalue weighted by molar-refractivity contribution is -0.147. The highest BCUT2D eigenvalue weighted by Gasteiger charge is 2.44. The maximum absolute atomic E-state index is 11.8. The Kier molecular flexibility index (Phi) is 2.83. The van der Waals surface area contributed by atoms with Crippen LogP contribution >= 0.6 is 0 Å². The third kappa shape index (κ3) is 1.65. The van der Waals surface area contributed by atoms with Crippen molar-refractivity contribution >= 4 is 11.7 Å². The Bertz CT molecular complexity index is 378. The fourth-order valence-electron chi connectivity index (χ4n) is 2.13. The van der Waals surface area contributed by atoms with Crippen LogP contribution in [0.5, 0.6) is 0 Å². The second kappa shape index (κ2) is 4.14. The first-order valence-corrected chi connectivity index (χ1v) is 5.15. The highest BCUT2D eigenvalue weighted by atomic mass is 16.5. The van der Waals surface area contributed by atoms with Gasteiger partial charge in [0.2, 0.25) is 0 Å². The smallest absolute Gasteiger partial charge is 0.334 e. The van der Waals surface area contributed by atoms with Crippen LogP contribution in [0.2, 0.25) is 0 Å². The minimum atomic E-state index is -0.771. The number of nitrogens with one attached hydrogen (secondary N) is 1. The predicted molar refractivity (Wildman–Crippen MR) is 60.4 cm³/mol. The zero-order valence-corrected chi connectivity index (χ0v) is 9.45. The van der Waals surface area contributed by atoms with Crippen LogP contribution in [0.15, 0.2) is 24.3 Å². The second-order valence-electron chi connectivity index (χ2n) is 3.97. The van der Waals surface area contributed by atoms with Crippen LogP contribution in [-0.4, -0.2) is 32.3 Å². The molecular weight excluding hydrogens is 206 g/mol. The molecule has 1 aromatic rings. The molecule has 0 bridgehead atoms. The molecule has 1 aliphatic heterocycles. The van der Waals surface area contributed by atoms with Gasteiger partial charge in [0.25, 0.3) is 0 Å². The van der Waals surface area contributed by atoms with Crippen molar-refractivity contribution in [2.24, 2.45) is 0 Å². The Morgan fingerprint density at radius 1 is 1.44 bits per heavy atom. The van der Waals surface area contributed by atoms with E-state index >= 15 is 0 Å². The van der Waals surface area contributed by atoms with Crippen LogP contribution in [0, 0.1) is 0 Å². The lowest BCUT2D eigenvalue weighted by atomic mass is 9.96. The number of hydrogen-bond acceptors (Lipinski definition) is 4. The third-order valence-electron chi connectivity index (χ3n) is 2.85.